The van der Waals surface area contributed by atoms with E-state index >= 15 is 0 Å². The molecule has 0 bridgehead atoms. The first-order valence-electron chi connectivity index (χ1n) is 4.30. The zero-order valence-corrected chi connectivity index (χ0v) is 7.96. The topological polar surface area (TPSA) is 56.3 Å². The lowest BCUT2D eigenvalue weighted by Crippen LogP contribution is -2.08. The van der Waals surface area contributed by atoms with E-state index in [0.717, 1.165) is 0 Å². The van der Waals surface area contributed by atoms with Gasteiger partial charge in [-0.2, -0.15) is 18.7 Å². The number of halogens is 2. The van der Waals surface area contributed by atoms with Crippen LogP contribution >= 0.6 is 0 Å². The standard InChI is InChI=1S/C8H9F2N3O2/c1-14-8-12-5-3-11-2-4(5)6(13-8)15-7(9)10/h7,11H,2-3H2,1H3. The normalized spacial score (nSPS) is 14.1. The molecule has 1 N–H and O–H groups in total. The van der Waals surface area contributed by atoms with Crippen molar-refractivity contribution < 1.29 is 18.3 Å². The fraction of sp³-hybridized carbons (Fsp3) is 0.500. The Balaban J connectivity index is 2.38. The molecule has 82 valence electrons. The lowest BCUT2D eigenvalue weighted by Gasteiger charge is -2.08. The molecule has 0 atom stereocenters. The third-order valence-corrected chi connectivity index (χ3v) is 2.01. The molecular formula is C8H9F2N3O2. The number of nitrogens with one attached hydrogen (secondary N) is 1. The van der Waals surface area contributed by atoms with Gasteiger partial charge >= 0.3 is 12.6 Å². The van der Waals surface area contributed by atoms with Crippen molar-refractivity contribution in [1.82, 2.24) is 15.3 Å². The molecule has 0 spiro atoms. The number of fused-ring (bicyclic) bond motifs is 1. The van der Waals surface area contributed by atoms with E-state index in [2.05, 4.69) is 20.0 Å². The first-order chi connectivity index (χ1) is 7.20. The van der Waals surface area contributed by atoms with Crippen molar-refractivity contribution in [2.45, 2.75) is 19.7 Å². The Hall–Kier alpha value is -1.50. The molecule has 1 aromatic rings. The number of rotatable bonds is 3. The van der Waals surface area contributed by atoms with E-state index in [1.54, 1.807) is 0 Å². The fourth-order valence-electron chi connectivity index (χ4n) is 1.39. The Labute approximate surface area is 84.4 Å². The molecule has 1 aliphatic rings. The summed E-state index contributed by atoms with van der Waals surface area (Å²) in [6.45, 7) is -1.95. The number of hydrogen-bond acceptors (Lipinski definition) is 5. The molecule has 0 saturated carbocycles. The van der Waals surface area contributed by atoms with Gasteiger partial charge in [0, 0.05) is 13.1 Å². The van der Waals surface area contributed by atoms with Crippen LogP contribution in [0.4, 0.5) is 8.78 Å². The summed E-state index contributed by atoms with van der Waals surface area (Å²) >= 11 is 0. The van der Waals surface area contributed by atoms with E-state index < -0.39 is 6.61 Å². The number of alkyl halides is 2. The van der Waals surface area contributed by atoms with Crippen LogP contribution in [0.5, 0.6) is 11.9 Å². The third-order valence-electron chi connectivity index (χ3n) is 2.01. The van der Waals surface area contributed by atoms with Gasteiger partial charge in [0.25, 0.3) is 0 Å². The molecular weight excluding hydrogens is 208 g/mol. The van der Waals surface area contributed by atoms with E-state index in [1.165, 1.54) is 7.11 Å². The fourth-order valence-corrected chi connectivity index (χ4v) is 1.39. The smallest absolute Gasteiger partial charge is 0.388 e. The van der Waals surface area contributed by atoms with Crippen LogP contribution in [0, 0.1) is 0 Å². The number of hydrogen-bond donors (Lipinski definition) is 1. The number of ether oxygens (including phenoxy) is 2. The number of methoxy groups -OCH3 is 1. The molecule has 0 aliphatic carbocycles. The van der Waals surface area contributed by atoms with Gasteiger partial charge in [0.2, 0.25) is 5.88 Å². The summed E-state index contributed by atoms with van der Waals surface area (Å²) in [6.07, 6.45) is 0. The molecule has 15 heavy (non-hydrogen) atoms. The quantitative estimate of drug-likeness (QED) is 0.807. The zero-order chi connectivity index (χ0) is 10.8. The van der Waals surface area contributed by atoms with Crippen LogP contribution < -0.4 is 14.8 Å². The molecule has 0 aromatic carbocycles. The zero-order valence-electron chi connectivity index (χ0n) is 7.96. The molecule has 5 nitrogen and oxygen atoms in total. The summed E-state index contributed by atoms with van der Waals surface area (Å²) in [5.74, 6) is -0.114. The highest BCUT2D eigenvalue weighted by Gasteiger charge is 2.22. The van der Waals surface area contributed by atoms with Gasteiger partial charge in [0.15, 0.2) is 0 Å². The highest BCUT2D eigenvalue weighted by Crippen LogP contribution is 2.26. The molecule has 1 aliphatic heterocycles. The Kier molecular flexibility index (Phi) is 2.63. The minimum Gasteiger partial charge on any atom is -0.467 e. The minimum atomic E-state index is -2.89. The number of nitrogens with zero attached hydrogens (tertiary/aromatic N) is 2. The predicted molar refractivity (Wildman–Crippen MR) is 45.8 cm³/mol. The summed E-state index contributed by atoms with van der Waals surface area (Å²) in [5, 5.41) is 2.97. The average Bonchev–Trinajstić information content (AvgIpc) is 2.64. The summed E-state index contributed by atoms with van der Waals surface area (Å²) in [7, 11) is 1.37. The highest BCUT2D eigenvalue weighted by atomic mass is 19.3. The van der Waals surface area contributed by atoms with Crippen LogP contribution in [-0.4, -0.2) is 23.7 Å². The molecule has 0 saturated heterocycles. The average molecular weight is 217 g/mol. The van der Waals surface area contributed by atoms with Crippen molar-refractivity contribution in [3.63, 3.8) is 0 Å². The molecule has 2 rings (SSSR count). The molecule has 1 aromatic heterocycles. The Morgan fingerprint density at radius 2 is 2.13 bits per heavy atom. The summed E-state index contributed by atoms with van der Waals surface area (Å²) in [5.41, 5.74) is 1.20. The number of aromatic nitrogens is 2. The van der Waals surface area contributed by atoms with Crippen molar-refractivity contribution in [2.24, 2.45) is 0 Å². The molecule has 7 heteroatoms. The van der Waals surface area contributed by atoms with Gasteiger partial charge in [-0.15, -0.1) is 0 Å². The van der Waals surface area contributed by atoms with Gasteiger partial charge in [-0.3, -0.25) is 0 Å². The van der Waals surface area contributed by atoms with Crippen LogP contribution in [0.2, 0.25) is 0 Å². The molecule has 0 fully saturated rings. The van der Waals surface area contributed by atoms with E-state index in [4.69, 9.17) is 4.74 Å². The molecule has 2 heterocycles. The molecule has 0 amide bonds. The maximum Gasteiger partial charge on any atom is 0.388 e. The van der Waals surface area contributed by atoms with Gasteiger partial charge < -0.3 is 14.8 Å². The van der Waals surface area contributed by atoms with Crippen LogP contribution in [0.15, 0.2) is 0 Å². The first kappa shape index (κ1) is 10.0. The van der Waals surface area contributed by atoms with Crippen LogP contribution in [0.1, 0.15) is 11.3 Å². The first-order valence-corrected chi connectivity index (χ1v) is 4.30. The molecule has 0 unspecified atom stereocenters. The van der Waals surface area contributed by atoms with Crippen molar-refractivity contribution in [3.8, 4) is 11.9 Å². The van der Waals surface area contributed by atoms with E-state index in [-0.39, 0.29) is 11.9 Å². The van der Waals surface area contributed by atoms with Crippen LogP contribution in [0.25, 0.3) is 0 Å². The maximum atomic E-state index is 12.1. The van der Waals surface area contributed by atoms with Gasteiger partial charge in [-0.1, -0.05) is 0 Å². The monoisotopic (exact) mass is 217 g/mol. The molecule has 0 radical (unpaired) electrons. The highest BCUT2D eigenvalue weighted by molar-refractivity contribution is 5.34. The predicted octanol–water partition coefficient (Wildman–Crippen LogP) is 0.690. The van der Waals surface area contributed by atoms with Crippen molar-refractivity contribution in [1.29, 1.82) is 0 Å². The van der Waals surface area contributed by atoms with E-state index in [0.29, 0.717) is 24.3 Å². The van der Waals surface area contributed by atoms with Gasteiger partial charge in [0.1, 0.15) is 0 Å². The SMILES string of the molecule is COc1nc2c(c(OC(F)F)n1)CNC2. The van der Waals surface area contributed by atoms with Gasteiger partial charge in [-0.25, -0.2) is 0 Å². The second-order valence-electron chi connectivity index (χ2n) is 2.92. The summed E-state index contributed by atoms with van der Waals surface area (Å²) in [4.78, 5) is 7.75. The van der Waals surface area contributed by atoms with Crippen LogP contribution in [-0.2, 0) is 13.1 Å². The Morgan fingerprint density at radius 3 is 2.80 bits per heavy atom. The Morgan fingerprint density at radius 1 is 1.33 bits per heavy atom. The van der Waals surface area contributed by atoms with E-state index in [9.17, 15) is 8.78 Å². The van der Waals surface area contributed by atoms with Gasteiger partial charge in [-0.05, 0) is 0 Å². The lowest BCUT2D eigenvalue weighted by atomic mass is 10.3. The lowest BCUT2D eigenvalue weighted by molar-refractivity contribution is -0.0538. The summed E-state index contributed by atoms with van der Waals surface area (Å²) in [6, 6.07) is 0.0353. The van der Waals surface area contributed by atoms with Crippen molar-refractivity contribution in [3.05, 3.63) is 11.3 Å². The summed E-state index contributed by atoms with van der Waals surface area (Å²) < 4.78 is 33.2. The maximum absolute atomic E-state index is 12.1. The van der Waals surface area contributed by atoms with Crippen LogP contribution in [0.3, 0.4) is 0 Å². The van der Waals surface area contributed by atoms with E-state index in [1.807, 2.05) is 0 Å². The minimum absolute atomic E-state index is 0.0353. The Bertz CT molecular complexity index is 373. The second-order valence-corrected chi connectivity index (χ2v) is 2.92. The largest absolute Gasteiger partial charge is 0.467 e. The van der Waals surface area contributed by atoms with Gasteiger partial charge in [0.05, 0.1) is 18.4 Å². The second kappa shape index (κ2) is 3.93. The third kappa shape index (κ3) is 1.96. The van der Waals surface area contributed by atoms with Crippen molar-refractivity contribution >= 4 is 0 Å². The van der Waals surface area contributed by atoms with Crippen molar-refractivity contribution in [2.75, 3.05) is 7.11 Å².